The highest BCUT2D eigenvalue weighted by atomic mass is 19.1. The Labute approximate surface area is 124 Å². The Bertz CT molecular complexity index is 633. The van der Waals surface area contributed by atoms with E-state index in [4.69, 9.17) is 0 Å². The van der Waals surface area contributed by atoms with Crippen molar-refractivity contribution in [3.05, 3.63) is 65.0 Å². The number of pyridine rings is 1. The van der Waals surface area contributed by atoms with E-state index in [0.29, 0.717) is 5.92 Å². The van der Waals surface area contributed by atoms with Gasteiger partial charge in [0.15, 0.2) is 0 Å². The first-order valence-corrected chi connectivity index (χ1v) is 7.47. The highest BCUT2D eigenvalue weighted by Gasteiger charge is 2.29. The van der Waals surface area contributed by atoms with E-state index in [1.165, 1.54) is 17.7 Å². The van der Waals surface area contributed by atoms with Crippen molar-refractivity contribution >= 4 is 0 Å². The number of halogens is 2. The van der Waals surface area contributed by atoms with Crippen molar-refractivity contribution in [1.82, 2.24) is 4.98 Å². The average Bonchev–Trinajstić information content (AvgIpc) is 2.57. The zero-order chi connectivity index (χ0) is 15.0. The van der Waals surface area contributed by atoms with Crippen LogP contribution < -0.4 is 0 Å². The second-order valence-corrected chi connectivity index (χ2v) is 6.05. The number of rotatable bonds is 1. The fraction of sp³-hybridized carbons (Fsp3) is 0.389. The fourth-order valence-electron chi connectivity index (χ4n) is 3.50. The monoisotopic (exact) mass is 287 g/mol. The van der Waals surface area contributed by atoms with E-state index in [1.807, 2.05) is 12.3 Å². The van der Waals surface area contributed by atoms with Gasteiger partial charge in [-0.2, -0.15) is 0 Å². The summed E-state index contributed by atoms with van der Waals surface area (Å²) in [4.78, 5) is 4.53. The van der Waals surface area contributed by atoms with Gasteiger partial charge in [0, 0.05) is 18.0 Å². The molecule has 2 aromatic rings. The zero-order valence-corrected chi connectivity index (χ0v) is 12.3. The Morgan fingerprint density at radius 2 is 1.76 bits per heavy atom. The summed E-state index contributed by atoms with van der Waals surface area (Å²) in [6, 6.07) is 7.91. The van der Waals surface area contributed by atoms with Gasteiger partial charge >= 0.3 is 0 Å². The van der Waals surface area contributed by atoms with E-state index >= 15 is 0 Å². The molecule has 1 aliphatic carbocycles. The molecule has 0 amide bonds. The van der Waals surface area contributed by atoms with Crippen LogP contribution in [0.5, 0.6) is 0 Å². The largest absolute Gasteiger partial charge is 0.261 e. The van der Waals surface area contributed by atoms with Crippen LogP contribution in [0.4, 0.5) is 8.78 Å². The number of aromatic nitrogens is 1. The third kappa shape index (κ3) is 2.69. The second kappa shape index (κ2) is 5.55. The quantitative estimate of drug-likeness (QED) is 0.661. The summed E-state index contributed by atoms with van der Waals surface area (Å²) in [7, 11) is 0. The van der Waals surface area contributed by atoms with E-state index in [2.05, 4.69) is 24.9 Å². The molecular formula is C18H19F2N. The van der Waals surface area contributed by atoms with Gasteiger partial charge in [-0.3, -0.25) is 4.98 Å². The summed E-state index contributed by atoms with van der Waals surface area (Å²) < 4.78 is 27.1. The minimum Gasteiger partial charge on any atom is -0.261 e. The van der Waals surface area contributed by atoms with Crippen molar-refractivity contribution in [2.45, 2.75) is 44.4 Å². The molecule has 1 aromatic carbocycles. The van der Waals surface area contributed by atoms with Gasteiger partial charge in [0.1, 0.15) is 11.6 Å². The number of hydrogen-bond donors (Lipinski definition) is 0. The number of nitrogens with zero attached hydrogens (tertiary/aromatic N) is 1. The SMILES string of the molecule is CC1c2cccnc2[C@H](C)CC[C@H]1c1cc(F)cc(F)c1. The molecule has 0 spiro atoms. The summed E-state index contributed by atoms with van der Waals surface area (Å²) in [5.74, 6) is -0.281. The standard InChI is InChI=1S/C18H19F2N/c1-11-5-6-16(13-8-14(19)10-15(20)9-13)12(2)17-4-3-7-21-18(11)17/h3-4,7-12,16H,5-6H2,1-2H3/t11-,12?,16-/m1/s1. The lowest BCUT2D eigenvalue weighted by atomic mass is 9.81. The Balaban J connectivity index is 2.05. The molecule has 1 nitrogen and oxygen atoms in total. The first-order valence-electron chi connectivity index (χ1n) is 7.47. The summed E-state index contributed by atoms with van der Waals surface area (Å²) in [5, 5.41) is 0. The summed E-state index contributed by atoms with van der Waals surface area (Å²) >= 11 is 0. The van der Waals surface area contributed by atoms with Crippen molar-refractivity contribution in [2.75, 3.05) is 0 Å². The minimum absolute atomic E-state index is 0.128. The molecule has 0 fully saturated rings. The lowest BCUT2D eigenvalue weighted by molar-refractivity contribution is 0.508. The lowest BCUT2D eigenvalue weighted by Crippen LogP contribution is -2.09. The maximum absolute atomic E-state index is 13.5. The van der Waals surface area contributed by atoms with Gasteiger partial charge in [-0.1, -0.05) is 19.9 Å². The predicted molar refractivity (Wildman–Crippen MR) is 79.4 cm³/mol. The van der Waals surface area contributed by atoms with Crippen LogP contribution in [0.2, 0.25) is 0 Å². The molecule has 0 N–H and O–H groups in total. The van der Waals surface area contributed by atoms with Gasteiger partial charge in [0.25, 0.3) is 0 Å². The van der Waals surface area contributed by atoms with Gasteiger partial charge in [-0.25, -0.2) is 8.78 Å². The van der Waals surface area contributed by atoms with Crippen LogP contribution in [0.25, 0.3) is 0 Å². The van der Waals surface area contributed by atoms with Gasteiger partial charge in [-0.15, -0.1) is 0 Å². The molecule has 0 saturated carbocycles. The number of fused-ring (bicyclic) bond motifs is 1. The van der Waals surface area contributed by atoms with Crippen molar-refractivity contribution in [3.63, 3.8) is 0 Å². The topological polar surface area (TPSA) is 12.9 Å². The molecule has 21 heavy (non-hydrogen) atoms. The minimum atomic E-state index is -0.499. The fourth-order valence-corrected chi connectivity index (χ4v) is 3.50. The van der Waals surface area contributed by atoms with Gasteiger partial charge in [0.05, 0.1) is 0 Å². The molecule has 1 aromatic heterocycles. The summed E-state index contributed by atoms with van der Waals surface area (Å²) in [6.45, 7) is 4.30. The molecule has 0 saturated heterocycles. The van der Waals surface area contributed by atoms with Crippen molar-refractivity contribution in [3.8, 4) is 0 Å². The Morgan fingerprint density at radius 1 is 1.05 bits per heavy atom. The second-order valence-electron chi connectivity index (χ2n) is 6.05. The van der Waals surface area contributed by atoms with E-state index < -0.39 is 11.6 Å². The van der Waals surface area contributed by atoms with Crippen LogP contribution in [-0.2, 0) is 0 Å². The molecule has 1 heterocycles. The average molecular weight is 287 g/mol. The van der Waals surface area contributed by atoms with Gasteiger partial charge in [-0.05, 0) is 59.9 Å². The van der Waals surface area contributed by atoms with Crippen LogP contribution in [-0.4, -0.2) is 4.98 Å². The Hall–Kier alpha value is -1.77. The van der Waals surface area contributed by atoms with E-state index in [-0.39, 0.29) is 11.8 Å². The van der Waals surface area contributed by atoms with Gasteiger partial charge < -0.3 is 0 Å². The molecule has 0 aliphatic heterocycles. The smallest absolute Gasteiger partial charge is 0.126 e. The highest BCUT2D eigenvalue weighted by Crippen LogP contribution is 2.44. The van der Waals surface area contributed by atoms with E-state index in [0.717, 1.165) is 30.2 Å². The molecule has 0 bridgehead atoms. The molecule has 0 radical (unpaired) electrons. The van der Waals surface area contributed by atoms with Crippen molar-refractivity contribution in [2.24, 2.45) is 0 Å². The Kier molecular flexibility index (Phi) is 3.75. The molecule has 3 heteroatoms. The maximum Gasteiger partial charge on any atom is 0.126 e. The molecule has 110 valence electrons. The first-order chi connectivity index (χ1) is 10.1. The molecular weight excluding hydrogens is 268 g/mol. The molecule has 3 rings (SSSR count). The van der Waals surface area contributed by atoms with Crippen LogP contribution in [0.3, 0.4) is 0 Å². The molecule has 3 atom stereocenters. The Morgan fingerprint density at radius 3 is 2.48 bits per heavy atom. The van der Waals surface area contributed by atoms with E-state index in [1.54, 1.807) is 0 Å². The zero-order valence-electron chi connectivity index (χ0n) is 12.3. The predicted octanol–water partition coefficient (Wildman–Crippen LogP) is 5.14. The highest BCUT2D eigenvalue weighted by molar-refractivity contribution is 5.34. The molecule has 1 unspecified atom stereocenters. The summed E-state index contributed by atoms with van der Waals surface area (Å²) in [5.41, 5.74) is 3.09. The lowest BCUT2D eigenvalue weighted by Gasteiger charge is -2.23. The van der Waals surface area contributed by atoms with Crippen LogP contribution in [0.1, 0.15) is 61.3 Å². The summed E-state index contributed by atoms with van der Waals surface area (Å²) in [6.07, 6.45) is 3.73. The number of hydrogen-bond acceptors (Lipinski definition) is 1. The third-order valence-electron chi connectivity index (χ3n) is 4.66. The normalized spacial score (nSPS) is 25.2. The van der Waals surface area contributed by atoms with Gasteiger partial charge in [0.2, 0.25) is 0 Å². The third-order valence-corrected chi connectivity index (χ3v) is 4.66. The number of benzene rings is 1. The maximum atomic E-state index is 13.5. The first kappa shape index (κ1) is 14.2. The van der Waals surface area contributed by atoms with Crippen molar-refractivity contribution in [1.29, 1.82) is 0 Å². The van der Waals surface area contributed by atoms with Crippen molar-refractivity contribution < 1.29 is 8.78 Å². The molecule has 1 aliphatic rings. The van der Waals surface area contributed by atoms with Crippen LogP contribution >= 0.6 is 0 Å². The van der Waals surface area contributed by atoms with E-state index in [9.17, 15) is 8.78 Å². The van der Waals surface area contributed by atoms with Crippen LogP contribution in [0.15, 0.2) is 36.5 Å². The van der Waals surface area contributed by atoms with Crippen LogP contribution in [0, 0.1) is 11.6 Å².